The Morgan fingerprint density at radius 3 is 2.88 bits per heavy atom. The van der Waals surface area contributed by atoms with Crippen LogP contribution >= 0.6 is 0 Å². The Kier molecular flexibility index (Phi) is 4.01. The van der Waals surface area contributed by atoms with Crippen molar-refractivity contribution in [1.29, 1.82) is 0 Å². The number of halogens is 1. The van der Waals surface area contributed by atoms with Crippen molar-refractivity contribution in [2.45, 2.75) is 12.3 Å². The molecule has 4 nitrogen and oxygen atoms in total. The number of anilines is 1. The van der Waals surface area contributed by atoms with E-state index in [1.165, 1.54) is 24.1 Å². The number of nitrogens with one attached hydrogen (secondary N) is 2. The zero-order valence-corrected chi connectivity index (χ0v) is 14.1. The Morgan fingerprint density at radius 1 is 1.24 bits per heavy atom. The summed E-state index contributed by atoms with van der Waals surface area (Å²) in [6, 6.07) is 14.1. The molecule has 2 aromatic carbocycles. The van der Waals surface area contributed by atoms with Gasteiger partial charge in [0.05, 0.1) is 0 Å². The maximum atomic E-state index is 13.2. The zero-order valence-electron chi connectivity index (χ0n) is 14.1. The van der Waals surface area contributed by atoms with E-state index in [1.807, 2.05) is 12.1 Å². The lowest BCUT2D eigenvalue weighted by Gasteiger charge is -2.10. The Morgan fingerprint density at radius 2 is 2.12 bits per heavy atom. The smallest absolute Gasteiger partial charge is 0.272 e. The number of aromatic nitrogens is 1. The zero-order chi connectivity index (χ0) is 17.4. The largest absolute Gasteiger partial charge is 0.351 e. The molecule has 0 bridgehead atoms. The van der Waals surface area contributed by atoms with Gasteiger partial charge in [-0.25, -0.2) is 4.39 Å². The van der Waals surface area contributed by atoms with Crippen molar-refractivity contribution >= 4 is 22.5 Å². The molecular weight excluding hydrogens is 317 g/mol. The molecule has 2 N–H and O–H groups in total. The first-order valence-electron chi connectivity index (χ1n) is 8.46. The van der Waals surface area contributed by atoms with Gasteiger partial charge in [0, 0.05) is 23.1 Å². The first kappa shape index (κ1) is 15.8. The molecule has 3 aromatic rings. The van der Waals surface area contributed by atoms with Gasteiger partial charge in [0.15, 0.2) is 0 Å². The van der Waals surface area contributed by atoms with Crippen LogP contribution in [0.1, 0.15) is 28.4 Å². The molecule has 1 aliphatic heterocycles. The molecule has 1 amide bonds. The van der Waals surface area contributed by atoms with Crippen molar-refractivity contribution in [2.24, 2.45) is 0 Å². The fraction of sp³-hybridized carbons (Fsp3) is 0.250. The summed E-state index contributed by atoms with van der Waals surface area (Å²) in [7, 11) is 2.14. The van der Waals surface area contributed by atoms with Crippen molar-refractivity contribution in [3.8, 4) is 0 Å². The van der Waals surface area contributed by atoms with Gasteiger partial charge in [-0.2, -0.15) is 0 Å². The van der Waals surface area contributed by atoms with Crippen molar-refractivity contribution in [3.05, 3.63) is 65.6 Å². The van der Waals surface area contributed by atoms with Crippen molar-refractivity contribution in [1.82, 2.24) is 9.88 Å². The average molecular weight is 337 g/mol. The van der Waals surface area contributed by atoms with Crippen molar-refractivity contribution in [2.75, 3.05) is 25.5 Å². The SMILES string of the molecule is CN1CCC(c2ccc3[nH]c(C(=O)Nc4cccc(F)c4)cc3c2)C1. The molecule has 1 saturated heterocycles. The third-order valence-electron chi connectivity index (χ3n) is 4.83. The predicted octanol–water partition coefficient (Wildman–Crippen LogP) is 3.98. The number of carbonyl (C=O) groups is 1. The molecule has 0 aliphatic carbocycles. The maximum Gasteiger partial charge on any atom is 0.272 e. The molecular formula is C20H20FN3O. The van der Waals surface area contributed by atoms with Crippen molar-refractivity contribution in [3.63, 3.8) is 0 Å². The van der Waals surface area contributed by atoms with Crippen LogP contribution in [0.25, 0.3) is 10.9 Å². The van der Waals surface area contributed by atoms with Gasteiger partial charge in [0.1, 0.15) is 11.5 Å². The molecule has 1 fully saturated rings. The second-order valence-corrected chi connectivity index (χ2v) is 6.74. The highest BCUT2D eigenvalue weighted by Crippen LogP contribution is 2.29. The number of H-pyrrole nitrogens is 1. The highest BCUT2D eigenvalue weighted by atomic mass is 19.1. The second-order valence-electron chi connectivity index (χ2n) is 6.74. The van der Waals surface area contributed by atoms with Gasteiger partial charge in [-0.1, -0.05) is 12.1 Å². The number of hydrogen-bond donors (Lipinski definition) is 2. The lowest BCUT2D eigenvalue weighted by Crippen LogP contribution is -2.13. The summed E-state index contributed by atoms with van der Waals surface area (Å²) in [6.07, 6.45) is 1.17. The standard InChI is InChI=1S/C20H20FN3O/c1-24-8-7-14(12-24)13-5-6-18-15(9-13)10-19(23-18)20(25)22-17-4-2-3-16(21)11-17/h2-6,9-11,14,23H,7-8,12H2,1H3,(H,22,25). The summed E-state index contributed by atoms with van der Waals surface area (Å²) in [5.74, 6) is -0.0987. The van der Waals surface area contributed by atoms with E-state index in [2.05, 4.69) is 34.4 Å². The summed E-state index contributed by atoms with van der Waals surface area (Å²) in [5.41, 5.74) is 3.16. The summed E-state index contributed by atoms with van der Waals surface area (Å²) in [6.45, 7) is 2.19. The fourth-order valence-electron chi connectivity index (χ4n) is 3.50. The van der Waals surface area contributed by atoms with Gasteiger partial charge >= 0.3 is 0 Å². The number of likely N-dealkylation sites (tertiary alicyclic amines) is 1. The van der Waals surface area contributed by atoms with Crippen LogP contribution in [0.4, 0.5) is 10.1 Å². The van der Waals surface area contributed by atoms with Gasteiger partial charge in [-0.05, 0) is 67.9 Å². The number of likely N-dealkylation sites (N-methyl/N-ethyl adjacent to an activating group) is 1. The first-order valence-corrected chi connectivity index (χ1v) is 8.46. The number of aromatic amines is 1. The topological polar surface area (TPSA) is 48.1 Å². The highest BCUT2D eigenvalue weighted by molar-refractivity contribution is 6.05. The molecule has 1 aromatic heterocycles. The maximum absolute atomic E-state index is 13.2. The molecule has 128 valence electrons. The van der Waals surface area contributed by atoms with Crippen LogP contribution in [0, 0.1) is 5.82 Å². The van der Waals surface area contributed by atoms with Crippen LogP contribution in [-0.2, 0) is 0 Å². The summed E-state index contributed by atoms with van der Waals surface area (Å²) < 4.78 is 13.2. The summed E-state index contributed by atoms with van der Waals surface area (Å²) in [5, 5.41) is 3.74. The van der Waals surface area contributed by atoms with E-state index in [0.717, 1.165) is 24.0 Å². The molecule has 4 rings (SSSR count). The predicted molar refractivity (Wildman–Crippen MR) is 97.5 cm³/mol. The van der Waals surface area contributed by atoms with Crippen LogP contribution in [0.15, 0.2) is 48.5 Å². The molecule has 5 heteroatoms. The monoisotopic (exact) mass is 337 g/mol. The normalized spacial score (nSPS) is 17.9. The summed E-state index contributed by atoms with van der Waals surface area (Å²) in [4.78, 5) is 17.9. The van der Waals surface area contributed by atoms with Crippen LogP contribution in [0.3, 0.4) is 0 Å². The number of nitrogens with zero attached hydrogens (tertiary/aromatic N) is 1. The van der Waals surface area contributed by atoms with E-state index >= 15 is 0 Å². The molecule has 0 radical (unpaired) electrons. The number of amides is 1. The summed E-state index contributed by atoms with van der Waals surface area (Å²) >= 11 is 0. The minimum absolute atomic E-state index is 0.274. The van der Waals surface area contributed by atoms with Crippen LogP contribution < -0.4 is 5.32 Å². The third-order valence-corrected chi connectivity index (χ3v) is 4.83. The molecule has 0 spiro atoms. The Bertz CT molecular complexity index is 934. The van der Waals surface area contributed by atoms with E-state index in [1.54, 1.807) is 12.1 Å². The Balaban J connectivity index is 1.57. The molecule has 2 heterocycles. The second kappa shape index (κ2) is 6.33. The Hall–Kier alpha value is -2.66. The average Bonchev–Trinajstić information content (AvgIpc) is 3.20. The third kappa shape index (κ3) is 3.28. The van der Waals surface area contributed by atoms with Crippen LogP contribution in [0.5, 0.6) is 0 Å². The fourth-order valence-corrected chi connectivity index (χ4v) is 3.50. The minimum atomic E-state index is -0.374. The number of carbonyl (C=O) groups excluding carboxylic acids is 1. The molecule has 1 atom stereocenters. The van der Waals surface area contributed by atoms with Gasteiger partial charge in [0.25, 0.3) is 5.91 Å². The first-order chi connectivity index (χ1) is 12.1. The molecule has 25 heavy (non-hydrogen) atoms. The van der Waals surface area contributed by atoms with E-state index < -0.39 is 0 Å². The Labute approximate surface area is 145 Å². The van der Waals surface area contributed by atoms with E-state index in [0.29, 0.717) is 17.3 Å². The van der Waals surface area contributed by atoms with Crippen molar-refractivity contribution < 1.29 is 9.18 Å². The van der Waals surface area contributed by atoms with Gasteiger partial charge in [0.2, 0.25) is 0 Å². The number of hydrogen-bond acceptors (Lipinski definition) is 2. The van der Waals surface area contributed by atoms with Gasteiger partial charge in [-0.3, -0.25) is 4.79 Å². The van der Waals surface area contributed by atoms with Crippen LogP contribution in [0.2, 0.25) is 0 Å². The molecule has 0 saturated carbocycles. The highest BCUT2D eigenvalue weighted by Gasteiger charge is 2.21. The van der Waals surface area contributed by atoms with E-state index in [-0.39, 0.29) is 11.7 Å². The van der Waals surface area contributed by atoms with Gasteiger partial charge in [-0.15, -0.1) is 0 Å². The van der Waals surface area contributed by atoms with Gasteiger partial charge < -0.3 is 15.2 Å². The van der Waals surface area contributed by atoms with E-state index in [9.17, 15) is 9.18 Å². The minimum Gasteiger partial charge on any atom is -0.351 e. The number of fused-ring (bicyclic) bond motifs is 1. The molecule has 1 aliphatic rings. The number of benzene rings is 2. The quantitative estimate of drug-likeness (QED) is 0.759. The van der Waals surface area contributed by atoms with Crippen LogP contribution in [-0.4, -0.2) is 35.9 Å². The number of rotatable bonds is 3. The lowest BCUT2D eigenvalue weighted by molar-refractivity contribution is 0.102. The lowest BCUT2D eigenvalue weighted by atomic mass is 9.97. The molecule has 1 unspecified atom stereocenters. The van der Waals surface area contributed by atoms with E-state index in [4.69, 9.17) is 0 Å².